The molecule has 1 aromatic carbocycles. The highest BCUT2D eigenvalue weighted by Crippen LogP contribution is 2.16. The topological polar surface area (TPSA) is 113 Å². The number of anilines is 1. The number of carbonyl (C=O) groups is 3. The van der Waals surface area contributed by atoms with Crippen molar-refractivity contribution in [2.75, 3.05) is 11.9 Å². The third-order valence-corrected chi connectivity index (χ3v) is 3.98. The largest absolute Gasteiger partial charge is 0.480 e. The van der Waals surface area contributed by atoms with Crippen molar-refractivity contribution in [1.29, 1.82) is 0 Å². The van der Waals surface area contributed by atoms with Gasteiger partial charge in [0, 0.05) is 17.4 Å². The number of nitrogens with zero attached hydrogens (tertiary/aromatic N) is 2. The molecular weight excluding hydrogens is 348 g/mol. The van der Waals surface area contributed by atoms with Crippen LogP contribution in [-0.2, 0) is 4.79 Å². The van der Waals surface area contributed by atoms with E-state index in [1.165, 1.54) is 12.1 Å². The number of imidazole rings is 1. The Labute approximate surface area is 154 Å². The van der Waals surface area contributed by atoms with Gasteiger partial charge in [-0.05, 0) is 55.8 Å². The van der Waals surface area contributed by atoms with Crippen molar-refractivity contribution in [3.8, 4) is 0 Å². The van der Waals surface area contributed by atoms with E-state index in [9.17, 15) is 14.4 Å². The van der Waals surface area contributed by atoms with Gasteiger partial charge in [0.15, 0.2) is 0 Å². The van der Waals surface area contributed by atoms with Crippen molar-refractivity contribution in [2.24, 2.45) is 0 Å². The summed E-state index contributed by atoms with van der Waals surface area (Å²) in [7, 11) is 0. The minimum atomic E-state index is -1.12. The molecular formula is C19H18N4O4. The maximum absolute atomic E-state index is 12.7. The second-order valence-electron chi connectivity index (χ2n) is 6.09. The lowest BCUT2D eigenvalue weighted by atomic mass is 10.2. The van der Waals surface area contributed by atoms with Gasteiger partial charge in [0.05, 0.1) is 5.69 Å². The second-order valence-corrected chi connectivity index (χ2v) is 6.09. The smallest absolute Gasteiger partial charge is 0.322 e. The van der Waals surface area contributed by atoms with Crippen LogP contribution in [0.3, 0.4) is 0 Å². The number of aromatic nitrogens is 2. The number of benzene rings is 1. The number of hydrogen-bond donors (Lipinski definition) is 3. The molecule has 8 nitrogen and oxygen atoms in total. The van der Waals surface area contributed by atoms with Gasteiger partial charge in [-0.15, -0.1) is 0 Å². The molecule has 0 aliphatic carbocycles. The number of carboxylic acids is 1. The van der Waals surface area contributed by atoms with E-state index in [2.05, 4.69) is 15.6 Å². The number of carboxylic acid groups (broad SMARTS) is 1. The number of nitrogens with one attached hydrogen (secondary N) is 2. The molecule has 3 N–H and O–H groups in total. The van der Waals surface area contributed by atoms with Gasteiger partial charge in [0.25, 0.3) is 11.8 Å². The van der Waals surface area contributed by atoms with E-state index in [0.717, 1.165) is 5.56 Å². The molecule has 0 bridgehead atoms. The van der Waals surface area contributed by atoms with Gasteiger partial charge in [-0.3, -0.25) is 18.8 Å². The maximum Gasteiger partial charge on any atom is 0.322 e. The first-order valence-corrected chi connectivity index (χ1v) is 8.22. The van der Waals surface area contributed by atoms with E-state index in [1.54, 1.807) is 29.7 Å². The molecule has 27 heavy (non-hydrogen) atoms. The Balaban J connectivity index is 1.76. The van der Waals surface area contributed by atoms with Gasteiger partial charge < -0.3 is 15.7 Å². The van der Waals surface area contributed by atoms with Gasteiger partial charge in [0.1, 0.15) is 17.9 Å². The number of hydrogen-bond acceptors (Lipinski definition) is 4. The van der Waals surface area contributed by atoms with E-state index in [0.29, 0.717) is 28.3 Å². The summed E-state index contributed by atoms with van der Waals surface area (Å²) in [6.07, 6.45) is 1.80. The number of rotatable bonds is 5. The summed E-state index contributed by atoms with van der Waals surface area (Å²) in [5, 5.41) is 13.6. The lowest BCUT2D eigenvalue weighted by Crippen LogP contribution is -2.29. The Morgan fingerprint density at radius 3 is 2.44 bits per heavy atom. The van der Waals surface area contributed by atoms with Crippen LogP contribution in [0, 0.1) is 13.8 Å². The van der Waals surface area contributed by atoms with Crippen molar-refractivity contribution >= 4 is 29.1 Å². The second kappa shape index (κ2) is 7.28. The van der Waals surface area contributed by atoms with E-state index >= 15 is 0 Å². The first kappa shape index (κ1) is 18.1. The van der Waals surface area contributed by atoms with Gasteiger partial charge in [0.2, 0.25) is 0 Å². The van der Waals surface area contributed by atoms with Crippen LogP contribution in [0.2, 0.25) is 0 Å². The van der Waals surface area contributed by atoms with Crippen molar-refractivity contribution in [3.05, 3.63) is 65.1 Å². The van der Waals surface area contributed by atoms with Crippen LogP contribution in [0.4, 0.5) is 5.69 Å². The zero-order chi connectivity index (χ0) is 19.6. The van der Waals surface area contributed by atoms with Gasteiger partial charge >= 0.3 is 5.97 Å². The molecule has 138 valence electrons. The summed E-state index contributed by atoms with van der Waals surface area (Å²) in [6.45, 7) is 3.27. The number of aryl methyl sites for hydroxylation is 2. The number of aliphatic carboxylic acids is 1. The van der Waals surface area contributed by atoms with Crippen LogP contribution >= 0.6 is 0 Å². The molecule has 8 heteroatoms. The molecule has 3 rings (SSSR count). The molecule has 0 saturated carbocycles. The zero-order valence-corrected chi connectivity index (χ0v) is 14.8. The predicted octanol–water partition coefficient (Wildman–Crippen LogP) is 2.02. The molecule has 0 aliphatic rings. The molecule has 3 aromatic rings. The third-order valence-electron chi connectivity index (χ3n) is 3.98. The number of fused-ring (bicyclic) bond motifs is 1. The minimum absolute atomic E-state index is 0.302. The molecule has 0 atom stereocenters. The molecule has 0 spiro atoms. The highest BCUT2D eigenvalue weighted by molar-refractivity contribution is 6.05. The van der Waals surface area contributed by atoms with Crippen LogP contribution in [0.25, 0.3) is 5.65 Å². The van der Waals surface area contributed by atoms with E-state index in [-0.39, 0.29) is 5.91 Å². The van der Waals surface area contributed by atoms with Crippen LogP contribution in [0.1, 0.15) is 32.1 Å². The first-order chi connectivity index (χ1) is 12.8. The average Bonchev–Trinajstić information content (AvgIpc) is 2.95. The quantitative estimate of drug-likeness (QED) is 0.639. The summed E-state index contributed by atoms with van der Waals surface area (Å²) in [5.41, 5.74) is 3.61. The molecule has 2 amide bonds. The highest BCUT2D eigenvalue weighted by atomic mass is 16.4. The Kier molecular flexibility index (Phi) is 4.89. The summed E-state index contributed by atoms with van der Waals surface area (Å²) < 4.78 is 1.73. The lowest BCUT2D eigenvalue weighted by Gasteiger charge is -2.08. The number of pyridine rings is 1. The highest BCUT2D eigenvalue weighted by Gasteiger charge is 2.17. The van der Waals surface area contributed by atoms with Crippen molar-refractivity contribution < 1.29 is 19.5 Å². The van der Waals surface area contributed by atoms with Crippen LogP contribution in [0.15, 0.2) is 42.6 Å². The standard InChI is InChI=1S/C19H18N4O4/c1-11-7-8-23-15(9-11)21-12(2)17(23)19(27)22-14-5-3-13(4-6-14)18(26)20-10-16(24)25/h3-9H,10H2,1-2H3,(H,20,26)(H,22,27)(H,24,25). The molecule has 2 aromatic heterocycles. The lowest BCUT2D eigenvalue weighted by molar-refractivity contribution is -0.135. The van der Waals surface area contributed by atoms with Crippen molar-refractivity contribution in [2.45, 2.75) is 13.8 Å². The Hall–Kier alpha value is -3.68. The summed E-state index contributed by atoms with van der Waals surface area (Å²) >= 11 is 0. The normalized spacial score (nSPS) is 10.6. The average molecular weight is 366 g/mol. The monoisotopic (exact) mass is 366 g/mol. The fourth-order valence-corrected chi connectivity index (χ4v) is 2.69. The van der Waals surface area contributed by atoms with Crippen molar-refractivity contribution in [1.82, 2.24) is 14.7 Å². The number of amides is 2. The molecule has 0 fully saturated rings. The molecule has 0 aliphatic heterocycles. The maximum atomic E-state index is 12.7. The SMILES string of the molecule is Cc1ccn2c(C(=O)Nc3ccc(C(=O)NCC(=O)O)cc3)c(C)nc2c1. The summed E-state index contributed by atoms with van der Waals surface area (Å²) in [6, 6.07) is 9.98. The van der Waals surface area contributed by atoms with E-state index < -0.39 is 18.4 Å². The fourth-order valence-electron chi connectivity index (χ4n) is 2.69. The Morgan fingerprint density at radius 2 is 1.78 bits per heavy atom. The van der Waals surface area contributed by atoms with E-state index in [1.807, 2.05) is 19.1 Å². The molecule has 0 unspecified atom stereocenters. The molecule has 0 saturated heterocycles. The van der Waals surface area contributed by atoms with E-state index in [4.69, 9.17) is 5.11 Å². The minimum Gasteiger partial charge on any atom is -0.480 e. The zero-order valence-electron chi connectivity index (χ0n) is 14.8. The molecule has 0 radical (unpaired) electrons. The fraction of sp³-hybridized carbons (Fsp3) is 0.158. The first-order valence-electron chi connectivity index (χ1n) is 8.22. The third kappa shape index (κ3) is 3.95. The van der Waals surface area contributed by atoms with Gasteiger partial charge in [-0.1, -0.05) is 0 Å². The number of carbonyl (C=O) groups excluding carboxylic acids is 2. The van der Waals surface area contributed by atoms with Gasteiger partial charge in [-0.2, -0.15) is 0 Å². The predicted molar refractivity (Wildman–Crippen MR) is 99.0 cm³/mol. The summed E-state index contributed by atoms with van der Waals surface area (Å²) in [4.78, 5) is 39.4. The molecule has 2 heterocycles. The van der Waals surface area contributed by atoms with Crippen molar-refractivity contribution in [3.63, 3.8) is 0 Å². The Bertz CT molecular complexity index is 1040. The van der Waals surface area contributed by atoms with Gasteiger partial charge in [-0.25, -0.2) is 4.98 Å². The summed E-state index contributed by atoms with van der Waals surface area (Å²) in [5.74, 6) is -1.93. The van der Waals surface area contributed by atoms with Crippen LogP contribution in [0.5, 0.6) is 0 Å². The van der Waals surface area contributed by atoms with Crippen LogP contribution in [-0.4, -0.2) is 38.8 Å². The Morgan fingerprint density at radius 1 is 1.07 bits per heavy atom. The van der Waals surface area contributed by atoms with Crippen LogP contribution < -0.4 is 10.6 Å².